The second-order valence-electron chi connectivity index (χ2n) is 5.81. The number of nitrogens with two attached hydrogens (primary N) is 1. The van der Waals surface area contributed by atoms with Crippen LogP contribution in [0.1, 0.15) is 30.1 Å². The van der Waals surface area contributed by atoms with E-state index < -0.39 is 5.82 Å². The van der Waals surface area contributed by atoms with Gasteiger partial charge in [-0.3, -0.25) is 9.59 Å². The first kappa shape index (κ1) is 20.7. The van der Waals surface area contributed by atoms with Crippen molar-refractivity contribution < 1.29 is 14.0 Å². The summed E-state index contributed by atoms with van der Waals surface area (Å²) in [6.45, 7) is 3.57. The Morgan fingerprint density at radius 3 is 2.38 bits per heavy atom. The lowest BCUT2D eigenvalue weighted by molar-refractivity contribution is -0.132. The van der Waals surface area contributed by atoms with Gasteiger partial charge in [0.25, 0.3) is 5.91 Å². The molecule has 0 spiro atoms. The molecule has 0 saturated carbocycles. The zero-order valence-corrected chi connectivity index (χ0v) is 15.1. The van der Waals surface area contributed by atoms with Crippen LogP contribution in [0.15, 0.2) is 18.2 Å². The molecule has 0 aromatic heterocycles. The molecule has 0 bridgehead atoms. The average molecular weight is 378 g/mol. The number of benzene rings is 1. The fourth-order valence-corrected chi connectivity index (χ4v) is 2.66. The summed E-state index contributed by atoms with van der Waals surface area (Å²) < 4.78 is 13.8. The molecular weight excluding hydrogens is 356 g/mol. The zero-order valence-electron chi connectivity index (χ0n) is 13.5. The Balaban J connectivity index is 0.00000288. The van der Waals surface area contributed by atoms with Crippen LogP contribution in [0.2, 0.25) is 5.02 Å². The maximum absolute atomic E-state index is 13.8. The summed E-state index contributed by atoms with van der Waals surface area (Å²) in [5.74, 6) is -0.952. The molecule has 1 fully saturated rings. The molecule has 1 aromatic carbocycles. The number of carbonyl (C=O) groups excluding carboxylic acids is 2. The third-order valence-corrected chi connectivity index (χ3v) is 4.13. The second kappa shape index (κ2) is 9.20. The van der Waals surface area contributed by atoms with E-state index in [4.69, 9.17) is 17.3 Å². The van der Waals surface area contributed by atoms with Crippen molar-refractivity contribution in [1.82, 2.24) is 9.80 Å². The van der Waals surface area contributed by atoms with E-state index in [1.165, 1.54) is 12.1 Å². The van der Waals surface area contributed by atoms with Gasteiger partial charge in [0.2, 0.25) is 5.91 Å². The Kier molecular flexibility index (Phi) is 7.93. The van der Waals surface area contributed by atoms with Gasteiger partial charge in [-0.05, 0) is 31.5 Å². The lowest BCUT2D eigenvalue weighted by atomic mass is 10.1. The normalized spacial score (nSPS) is 15.7. The first-order valence-electron chi connectivity index (χ1n) is 7.66. The van der Waals surface area contributed by atoms with E-state index in [1.54, 1.807) is 9.80 Å². The average Bonchev–Trinajstić information content (AvgIpc) is 2.52. The largest absolute Gasteiger partial charge is 0.339 e. The number of hydrogen-bond acceptors (Lipinski definition) is 3. The molecule has 1 heterocycles. The molecule has 5 nitrogen and oxygen atoms in total. The fraction of sp³-hybridized carbons (Fsp3) is 0.500. The number of rotatable bonds is 4. The Hall–Kier alpha value is -1.37. The summed E-state index contributed by atoms with van der Waals surface area (Å²) in [6, 6.07) is 4.00. The number of nitrogens with zero attached hydrogens (tertiary/aromatic N) is 2. The van der Waals surface area contributed by atoms with E-state index in [9.17, 15) is 14.0 Å². The van der Waals surface area contributed by atoms with E-state index in [2.05, 4.69) is 0 Å². The first-order valence-corrected chi connectivity index (χ1v) is 8.04. The van der Waals surface area contributed by atoms with Crippen molar-refractivity contribution in [3.8, 4) is 0 Å². The van der Waals surface area contributed by atoms with Crippen molar-refractivity contribution in [2.45, 2.75) is 25.8 Å². The van der Waals surface area contributed by atoms with Crippen LogP contribution in [0.5, 0.6) is 0 Å². The summed E-state index contributed by atoms with van der Waals surface area (Å²) in [5, 5.41) is 0.253. The van der Waals surface area contributed by atoms with Crippen molar-refractivity contribution >= 4 is 35.8 Å². The van der Waals surface area contributed by atoms with Gasteiger partial charge in [0.15, 0.2) is 0 Å². The van der Waals surface area contributed by atoms with Crippen molar-refractivity contribution in [3.63, 3.8) is 0 Å². The van der Waals surface area contributed by atoms with Gasteiger partial charge in [0.1, 0.15) is 5.82 Å². The predicted octanol–water partition coefficient (Wildman–Crippen LogP) is 2.31. The molecule has 1 aliphatic rings. The highest BCUT2D eigenvalue weighted by Gasteiger charge is 2.26. The molecule has 0 aliphatic carbocycles. The van der Waals surface area contributed by atoms with Crippen molar-refractivity contribution in [2.75, 3.05) is 26.2 Å². The standard InChI is InChI=1S/C16H21ClFN3O2.ClH/c1-11(19)2-5-15(22)20-6-8-21(9-7-20)16(23)13-4-3-12(17)10-14(13)18;/h3-4,10-11H,2,5-9,19H2,1H3;1H. The quantitative estimate of drug-likeness (QED) is 0.875. The molecule has 1 saturated heterocycles. The highest BCUT2D eigenvalue weighted by atomic mass is 35.5. The van der Waals surface area contributed by atoms with Gasteiger partial charge in [0.05, 0.1) is 5.56 Å². The van der Waals surface area contributed by atoms with Crippen LogP contribution in [-0.2, 0) is 4.79 Å². The summed E-state index contributed by atoms with van der Waals surface area (Å²) in [6.07, 6.45) is 1.06. The monoisotopic (exact) mass is 377 g/mol. The number of carbonyl (C=O) groups is 2. The summed E-state index contributed by atoms with van der Waals surface area (Å²) in [4.78, 5) is 27.7. The van der Waals surface area contributed by atoms with E-state index in [-0.39, 0.29) is 40.8 Å². The molecule has 2 rings (SSSR count). The van der Waals surface area contributed by atoms with E-state index in [0.717, 1.165) is 6.07 Å². The van der Waals surface area contributed by atoms with Gasteiger partial charge in [-0.25, -0.2) is 4.39 Å². The molecule has 0 radical (unpaired) electrons. The van der Waals surface area contributed by atoms with Gasteiger partial charge in [-0.2, -0.15) is 0 Å². The molecule has 134 valence electrons. The highest BCUT2D eigenvalue weighted by molar-refractivity contribution is 6.30. The molecule has 1 unspecified atom stereocenters. The molecule has 2 N–H and O–H groups in total. The summed E-state index contributed by atoms with van der Waals surface area (Å²) in [7, 11) is 0. The lowest BCUT2D eigenvalue weighted by Gasteiger charge is -2.35. The SMILES string of the molecule is CC(N)CCC(=O)N1CCN(C(=O)c2ccc(Cl)cc2F)CC1.Cl. The Morgan fingerprint density at radius 2 is 1.83 bits per heavy atom. The first-order chi connectivity index (χ1) is 10.9. The molecule has 2 amide bonds. The Morgan fingerprint density at radius 1 is 1.25 bits per heavy atom. The third kappa shape index (κ3) is 5.33. The van der Waals surface area contributed by atoms with Gasteiger partial charge in [-0.1, -0.05) is 11.6 Å². The van der Waals surface area contributed by atoms with E-state index >= 15 is 0 Å². The topological polar surface area (TPSA) is 66.6 Å². The Labute approximate surface area is 152 Å². The molecule has 24 heavy (non-hydrogen) atoms. The smallest absolute Gasteiger partial charge is 0.256 e. The second-order valence-corrected chi connectivity index (χ2v) is 6.25. The minimum absolute atomic E-state index is 0. The summed E-state index contributed by atoms with van der Waals surface area (Å²) in [5.41, 5.74) is 5.66. The number of halogens is 3. The van der Waals surface area contributed by atoms with Crippen LogP contribution in [-0.4, -0.2) is 53.8 Å². The molecule has 1 atom stereocenters. The van der Waals surface area contributed by atoms with Crippen LogP contribution in [0.4, 0.5) is 4.39 Å². The van der Waals surface area contributed by atoms with Crippen LogP contribution >= 0.6 is 24.0 Å². The summed E-state index contributed by atoms with van der Waals surface area (Å²) >= 11 is 5.70. The minimum atomic E-state index is -0.627. The van der Waals surface area contributed by atoms with E-state index in [1.807, 2.05) is 6.92 Å². The zero-order chi connectivity index (χ0) is 17.0. The maximum atomic E-state index is 13.8. The van der Waals surface area contributed by atoms with Crippen molar-refractivity contribution in [1.29, 1.82) is 0 Å². The predicted molar refractivity (Wildman–Crippen MR) is 94.0 cm³/mol. The van der Waals surface area contributed by atoms with Gasteiger partial charge < -0.3 is 15.5 Å². The fourth-order valence-electron chi connectivity index (χ4n) is 2.50. The Bertz CT molecular complexity index is 591. The highest BCUT2D eigenvalue weighted by Crippen LogP contribution is 2.17. The number of amides is 2. The van der Waals surface area contributed by atoms with Crippen molar-refractivity contribution in [3.05, 3.63) is 34.6 Å². The minimum Gasteiger partial charge on any atom is -0.339 e. The molecular formula is C16H22Cl2FN3O2. The van der Waals surface area contributed by atoms with Crippen LogP contribution in [0, 0.1) is 5.82 Å². The number of piperazine rings is 1. The molecule has 1 aliphatic heterocycles. The number of hydrogen-bond donors (Lipinski definition) is 1. The van der Waals surface area contributed by atoms with E-state index in [0.29, 0.717) is 39.0 Å². The molecule has 8 heteroatoms. The van der Waals surface area contributed by atoms with Gasteiger partial charge in [-0.15, -0.1) is 12.4 Å². The van der Waals surface area contributed by atoms with Crippen LogP contribution in [0.3, 0.4) is 0 Å². The van der Waals surface area contributed by atoms with Crippen LogP contribution < -0.4 is 5.73 Å². The molecule has 1 aromatic rings. The lowest BCUT2D eigenvalue weighted by Crippen LogP contribution is -2.50. The van der Waals surface area contributed by atoms with Crippen molar-refractivity contribution in [2.24, 2.45) is 5.73 Å². The third-order valence-electron chi connectivity index (χ3n) is 3.89. The van der Waals surface area contributed by atoms with Gasteiger partial charge >= 0.3 is 0 Å². The maximum Gasteiger partial charge on any atom is 0.256 e. The van der Waals surface area contributed by atoms with Gasteiger partial charge in [0, 0.05) is 43.7 Å². The van der Waals surface area contributed by atoms with Crippen LogP contribution in [0.25, 0.3) is 0 Å².